The summed E-state index contributed by atoms with van der Waals surface area (Å²) in [4.78, 5) is 0. The van der Waals surface area contributed by atoms with Gasteiger partial charge in [0, 0.05) is 0 Å². The number of hydrogen-bond acceptors (Lipinski definition) is 2. The summed E-state index contributed by atoms with van der Waals surface area (Å²) in [7, 11) is 0. The Morgan fingerprint density at radius 3 is 2.12 bits per heavy atom. The third kappa shape index (κ3) is 2.28. The molecule has 0 aliphatic carbocycles. The molecule has 0 aromatic carbocycles. The van der Waals surface area contributed by atoms with Gasteiger partial charge >= 0.3 is 0 Å². The molecule has 0 saturated carbocycles. The smallest absolute Gasteiger partial charge is 0.113 e. The second-order valence-corrected chi connectivity index (χ2v) is 2.54. The van der Waals surface area contributed by atoms with Crippen LogP contribution in [0.1, 0.15) is 27.2 Å². The van der Waals surface area contributed by atoms with E-state index in [2.05, 4.69) is 0 Å². The molecule has 0 unspecified atom stereocenters. The highest BCUT2D eigenvalue weighted by Gasteiger charge is 2.20. The molecule has 2 atom stereocenters. The minimum absolute atomic E-state index is 0.183. The maximum Gasteiger partial charge on any atom is 0.113 e. The average molecular weight is 117 g/mol. The molecular weight excluding hydrogens is 102 g/mol. The van der Waals surface area contributed by atoms with E-state index in [-0.39, 0.29) is 5.92 Å². The van der Waals surface area contributed by atoms with Crippen LogP contribution in [0.4, 0.5) is 0 Å². The number of nitrogens with two attached hydrogens (primary N) is 1. The van der Waals surface area contributed by atoms with Crippen molar-refractivity contribution in [1.82, 2.24) is 0 Å². The first-order valence-corrected chi connectivity index (χ1v) is 2.99. The molecular formula is C6H15NO. The van der Waals surface area contributed by atoms with Crippen molar-refractivity contribution < 1.29 is 5.11 Å². The van der Waals surface area contributed by atoms with E-state index < -0.39 is 5.72 Å². The second kappa shape index (κ2) is 2.46. The second-order valence-electron chi connectivity index (χ2n) is 2.54. The summed E-state index contributed by atoms with van der Waals surface area (Å²) in [6.07, 6.45) is 0.920. The van der Waals surface area contributed by atoms with Gasteiger partial charge in [-0.1, -0.05) is 13.8 Å². The van der Waals surface area contributed by atoms with Crippen LogP contribution in [0.2, 0.25) is 0 Å². The molecule has 50 valence electrons. The standard InChI is InChI=1S/C6H15NO/c1-4-5(2)6(3,7)8/h5,8H,4,7H2,1-3H3/t5-,6-/m0/s1. The summed E-state index contributed by atoms with van der Waals surface area (Å²) in [6.45, 7) is 5.56. The average Bonchev–Trinajstić information content (AvgIpc) is 1.62. The molecule has 0 radical (unpaired) electrons. The fourth-order valence-electron chi connectivity index (χ4n) is 0.413. The topological polar surface area (TPSA) is 46.2 Å². The third-order valence-corrected chi connectivity index (χ3v) is 1.61. The Labute approximate surface area is 50.7 Å². The van der Waals surface area contributed by atoms with Crippen LogP contribution in [0.25, 0.3) is 0 Å². The van der Waals surface area contributed by atoms with E-state index in [1.54, 1.807) is 6.92 Å². The highest BCUT2D eigenvalue weighted by molar-refractivity contribution is 4.69. The Morgan fingerprint density at radius 2 is 2.12 bits per heavy atom. The van der Waals surface area contributed by atoms with Crippen LogP contribution >= 0.6 is 0 Å². The molecule has 2 nitrogen and oxygen atoms in total. The lowest BCUT2D eigenvalue weighted by atomic mass is 9.98. The van der Waals surface area contributed by atoms with Crippen molar-refractivity contribution in [2.45, 2.75) is 32.9 Å². The van der Waals surface area contributed by atoms with Crippen LogP contribution in [0, 0.1) is 5.92 Å². The first-order chi connectivity index (χ1) is 3.48. The summed E-state index contributed by atoms with van der Waals surface area (Å²) in [6, 6.07) is 0. The number of rotatable bonds is 2. The lowest BCUT2D eigenvalue weighted by Crippen LogP contribution is -2.42. The first-order valence-electron chi connectivity index (χ1n) is 2.99. The Morgan fingerprint density at radius 1 is 1.75 bits per heavy atom. The molecule has 0 fully saturated rings. The zero-order valence-corrected chi connectivity index (χ0v) is 5.81. The van der Waals surface area contributed by atoms with Gasteiger partial charge in [-0.2, -0.15) is 0 Å². The van der Waals surface area contributed by atoms with Crippen molar-refractivity contribution in [2.75, 3.05) is 0 Å². The maximum absolute atomic E-state index is 9.06. The van der Waals surface area contributed by atoms with Gasteiger partial charge in [0.05, 0.1) is 0 Å². The molecule has 0 saturated heterocycles. The van der Waals surface area contributed by atoms with Crippen LogP contribution in [0.15, 0.2) is 0 Å². The van der Waals surface area contributed by atoms with E-state index in [1.165, 1.54) is 0 Å². The van der Waals surface area contributed by atoms with Crippen molar-refractivity contribution in [3.63, 3.8) is 0 Å². The Kier molecular flexibility index (Phi) is 2.44. The fraction of sp³-hybridized carbons (Fsp3) is 1.00. The molecule has 8 heavy (non-hydrogen) atoms. The summed E-state index contributed by atoms with van der Waals surface area (Å²) in [5.41, 5.74) is 4.35. The largest absolute Gasteiger partial charge is 0.376 e. The third-order valence-electron chi connectivity index (χ3n) is 1.61. The molecule has 0 amide bonds. The highest BCUT2D eigenvalue weighted by Crippen LogP contribution is 2.12. The number of aliphatic hydroxyl groups is 1. The van der Waals surface area contributed by atoms with Gasteiger partial charge in [-0.15, -0.1) is 0 Å². The molecule has 0 bridgehead atoms. The quantitative estimate of drug-likeness (QED) is 0.523. The molecule has 3 N–H and O–H groups in total. The van der Waals surface area contributed by atoms with Gasteiger partial charge in [0.2, 0.25) is 0 Å². The predicted molar refractivity (Wildman–Crippen MR) is 34.3 cm³/mol. The van der Waals surface area contributed by atoms with Gasteiger partial charge < -0.3 is 10.8 Å². The minimum Gasteiger partial charge on any atom is -0.376 e. The predicted octanol–water partition coefficient (Wildman–Crippen LogP) is 0.700. The van der Waals surface area contributed by atoms with Crippen molar-refractivity contribution in [3.05, 3.63) is 0 Å². The minimum atomic E-state index is -0.991. The van der Waals surface area contributed by atoms with Crippen LogP contribution in [0.3, 0.4) is 0 Å². The maximum atomic E-state index is 9.06. The van der Waals surface area contributed by atoms with E-state index in [4.69, 9.17) is 10.8 Å². The lowest BCUT2D eigenvalue weighted by Gasteiger charge is -2.23. The van der Waals surface area contributed by atoms with Crippen molar-refractivity contribution in [1.29, 1.82) is 0 Å². The van der Waals surface area contributed by atoms with Gasteiger partial charge in [-0.25, -0.2) is 0 Å². The SMILES string of the molecule is CC[C@H](C)[C@@](C)(N)O. The molecule has 0 spiro atoms. The van der Waals surface area contributed by atoms with Crippen molar-refractivity contribution in [2.24, 2.45) is 11.7 Å². The summed E-state index contributed by atoms with van der Waals surface area (Å²) in [5, 5.41) is 9.06. The van der Waals surface area contributed by atoms with E-state index in [1.807, 2.05) is 13.8 Å². The number of hydrogen-bond donors (Lipinski definition) is 2. The van der Waals surface area contributed by atoms with Crippen LogP contribution in [-0.4, -0.2) is 10.8 Å². The molecule has 0 aliphatic heterocycles. The zero-order chi connectivity index (χ0) is 6.78. The molecule has 0 aromatic heterocycles. The summed E-state index contributed by atoms with van der Waals surface area (Å²) < 4.78 is 0. The van der Waals surface area contributed by atoms with Gasteiger partial charge in [0.1, 0.15) is 5.72 Å². The highest BCUT2D eigenvalue weighted by atomic mass is 16.3. The molecule has 2 heteroatoms. The molecule has 0 rings (SSSR count). The van der Waals surface area contributed by atoms with Crippen LogP contribution in [0.5, 0.6) is 0 Å². The van der Waals surface area contributed by atoms with E-state index in [0.29, 0.717) is 0 Å². The van der Waals surface area contributed by atoms with Gasteiger partial charge in [0.15, 0.2) is 0 Å². The first kappa shape index (κ1) is 7.92. The van der Waals surface area contributed by atoms with Gasteiger partial charge in [-0.05, 0) is 19.3 Å². The lowest BCUT2D eigenvalue weighted by molar-refractivity contribution is 0.0111. The Hall–Kier alpha value is -0.0800. The van der Waals surface area contributed by atoms with Gasteiger partial charge in [-0.3, -0.25) is 0 Å². The molecule has 0 aliphatic rings. The van der Waals surface area contributed by atoms with E-state index in [0.717, 1.165) is 6.42 Å². The summed E-state index contributed by atoms with van der Waals surface area (Å²) in [5.74, 6) is 0.183. The van der Waals surface area contributed by atoms with Gasteiger partial charge in [0.25, 0.3) is 0 Å². The molecule has 0 aromatic rings. The Bertz CT molecular complexity index is 65.4. The van der Waals surface area contributed by atoms with Crippen LogP contribution in [-0.2, 0) is 0 Å². The van der Waals surface area contributed by atoms with Crippen LogP contribution < -0.4 is 5.73 Å². The van der Waals surface area contributed by atoms with Crippen molar-refractivity contribution >= 4 is 0 Å². The Balaban J connectivity index is 3.62. The fourth-order valence-corrected chi connectivity index (χ4v) is 0.413. The zero-order valence-electron chi connectivity index (χ0n) is 5.81. The summed E-state index contributed by atoms with van der Waals surface area (Å²) >= 11 is 0. The molecule has 0 heterocycles. The normalized spacial score (nSPS) is 22.1. The van der Waals surface area contributed by atoms with E-state index >= 15 is 0 Å². The van der Waals surface area contributed by atoms with E-state index in [9.17, 15) is 0 Å². The monoisotopic (exact) mass is 117 g/mol. The van der Waals surface area contributed by atoms with Crippen molar-refractivity contribution in [3.8, 4) is 0 Å².